The fraction of sp³-hybridized carbons (Fsp3) is 0.438. The number of aromatic nitrogens is 1. The quantitative estimate of drug-likeness (QED) is 0.852. The molecule has 100 valence electrons. The number of nitrogens with one attached hydrogen (secondary N) is 2. The summed E-state index contributed by atoms with van der Waals surface area (Å²) in [5.74, 6) is 0.202. The van der Waals surface area contributed by atoms with Crippen LogP contribution in [0, 0.1) is 12.8 Å². The summed E-state index contributed by atoms with van der Waals surface area (Å²) in [4.78, 5) is 15.3. The van der Waals surface area contributed by atoms with Gasteiger partial charge in [-0.25, -0.2) is 0 Å². The Labute approximate surface area is 113 Å². The van der Waals surface area contributed by atoms with Crippen LogP contribution < -0.4 is 5.32 Å². The summed E-state index contributed by atoms with van der Waals surface area (Å²) in [6.07, 6.45) is 1.86. The van der Waals surface area contributed by atoms with E-state index in [1.165, 1.54) is 27.7 Å². The van der Waals surface area contributed by atoms with Crippen molar-refractivity contribution in [2.75, 3.05) is 0 Å². The topological polar surface area (TPSA) is 44.9 Å². The molecule has 0 radical (unpaired) electrons. The number of carbonyl (C=O) groups excluding carboxylic acids is 1. The van der Waals surface area contributed by atoms with Gasteiger partial charge in [-0.1, -0.05) is 25.5 Å². The van der Waals surface area contributed by atoms with Crippen LogP contribution in [0.15, 0.2) is 18.2 Å². The highest BCUT2D eigenvalue weighted by Gasteiger charge is 2.26. The molecule has 1 amide bonds. The third-order valence-corrected chi connectivity index (χ3v) is 3.92. The normalized spacial score (nSPS) is 18.0. The summed E-state index contributed by atoms with van der Waals surface area (Å²) in [6.45, 7) is 5.98. The van der Waals surface area contributed by atoms with Gasteiger partial charge in [-0.05, 0) is 31.0 Å². The Morgan fingerprint density at radius 1 is 1.37 bits per heavy atom. The first-order chi connectivity index (χ1) is 9.04. The molecule has 3 heteroatoms. The van der Waals surface area contributed by atoms with Crippen molar-refractivity contribution in [3.8, 4) is 0 Å². The molecule has 1 aliphatic carbocycles. The van der Waals surface area contributed by atoms with Gasteiger partial charge in [0.2, 0.25) is 5.91 Å². The van der Waals surface area contributed by atoms with Crippen molar-refractivity contribution in [1.82, 2.24) is 10.3 Å². The van der Waals surface area contributed by atoms with Gasteiger partial charge in [-0.15, -0.1) is 0 Å². The highest BCUT2D eigenvalue weighted by atomic mass is 16.1. The van der Waals surface area contributed by atoms with Crippen LogP contribution in [0.2, 0.25) is 0 Å². The van der Waals surface area contributed by atoms with Crippen molar-refractivity contribution in [2.45, 2.75) is 39.7 Å². The zero-order valence-corrected chi connectivity index (χ0v) is 11.7. The zero-order valence-electron chi connectivity index (χ0n) is 11.7. The van der Waals surface area contributed by atoms with Crippen LogP contribution >= 0.6 is 0 Å². The molecule has 3 rings (SSSR count). The maximum Gasteiger partial charge on any atom is 0.222 e. The van der Waals surface area contributed by atoms with Crippen LogP contribution in [0.5, 0.6) is 0 Å². The van der Waals surface area contributed by atoms with E-state index in [4.69, 9.17) is 0 Å². The fourth-order valence-corrected chi connectivity index (χ4v) is 2.86. The first-order valence-corrected chi connectivity index (χ1v) is 6.95. The number of fused-ring (bicyclic) bond motifs is 3. The Morgan fingerprint density at radius 3 is 2.89 bits per heavy atom. The predicted molar refractivity (Wildman–Crippen MR) is 77.2 cm³/mol. The standard InChI is InChI=1S/C16H20N2O/c1-9(2)16(19)17-11-7-13-12-6-10(3)4-5-14(12)18-15(13)8-11/h4-6,9,11,18H,7-8H2,1-3H3,(H,17,19). The van der Waals surface area contributed by atoms with E-state index in [2.05, 4.69) is 35.4 Å². The van der Waals surface area contributed by atoms with Crippen LogP contribution in [0.1, 0.15) is 30.7 Å². The van der Waals surface area contributed by atoms with E-state index in [9.17, 15) is 4.79 Å². The second-order valence-electron chi connectivity index (χ2n) is 5.90. The van der Waals surface area contributed by atoms with Crippen molar-refractivity contribution < 1.29 is 4.79 Å². The van der Waals surface area contributed by atoms with E-state index in [1.807, 2.05) is 13.8 Å². The summed E-state index contributed by atoms with van der Waals surface area (Å²) in [5.41, 5.74) is 5.16. The van der Waals surface area contributed by atoms with Crippen LogP contribution in [-0.4, -0.2) is 16.9 Å². The third-order valence-electron chi connectivity index (χ3n) is 3.92. The van der Waals surface area contributed by atoms with E-state index in [0.29, 0.717) is 0 Å². The molecule has 1 atom stereocenters. The predicted octanol–water partition coefficient (Wildman–Crippen LogP) is 2.72. The minimum absolute atomic E-state index is 0.0536. The molecule has 0 spiro atoms. The van der Waals surface area contributed by atoms with Crippen molar-refractivity contribution in [1.29, 1.82) is 0 Å². The van der Waals surface area contributed by atoms with Gasteiger partial charge in [-0.3, -0.25) is 4.79 Å². The first-order valence-electron chi connectivity index (χ1n) is 6.95. The summed E-state index contributed by atoms with van der Waals surface area (Å²) >= 11 is 0. The number of rotatable bonds is 2. The fourth-order valence-electron chi connectivity index (χ4n) is 2.86. The van der Waals surface area contributed by atoms with Crippen LogP contribution in [0.25, 0.3) is 10.9 Å². The highest BCUT2D eigenvalue weighted by molar-refractivity contribution is 5.86. The molecule has 1 unspecified atom stereocenters. The third kappa shape index (κ3) is 2.14. The van der Waals surface area contributed by atoms with Crippen molar-refractivity contribution in [2.24, 2.45) is 5.92 Å². The SMILES string of the molecule is Cc1ccc2[nH]c3c(c2c1)CC(NC(=O)C(C)C)C3. The van der Waals surface area contributed by atoms with Crippen molar-refractivity contribution in [3.05, 3.63) is 35.0 Å². The van der Waals surface area contributed by atoms with Gasteiger partial charge in [-0.2, -0.15) is 0 Å². The Bertz CT molecular complexity index is 639. The number of amides is 1. The number of H-pyrrole nitrogens is 1. The van der Waals surface area contributed by atoms with Gasteiger partial charge in [0.15, 0.2) is 0 Å². The Kier molecular flexibility index (Phi) is 2.85. The monoisotopic (exact) mass is 256 g/mol. The maximum atomic E-state index is 11.8. The molecular formula is C16H20N2O. The van der Waals surface area contributed by atoms with Gasteiger partial charge in [0.05, 0.1) is 0 Å². The molecular weight excluding hydrogens is 236 g/mol. The van der Waals surface area contributed by atoms with Crippen molar-refractivity contribution in [3.63, 3.8) is 0 Å². The molecule has 2 aromatic rings. The lowest BCUT2D eigenvalue weighted by Crippen LogP contribution is -2.37. The lowest BCUT2D eigenvalue weighted by molar-refractivity contribution is -0.124. The molecule has 3 nitrogen and oxygen atoms in total. The second kappa shape index (κ2) is 4.41. The first kappa shape index (κ1) is 12.3. The van der Waals surface area contributed by atoms with E-state index >= 15 is 0 Å². The Hall–Kier alpha value is -1.77. The molecule has 1 aromatic carbocycles. The smallest absolute Gasteiger partial charge is 0.222 e. The Morgan fingerprint density at radius 2 is 2.16 bits per heavy atom. The van der Waals surface area contributed by atoms with E-state index in [-0.39, 0.29) is 17.9 Å². The highest BCUT2D eigenvalue weighted by Crippen LogP contribution is 2.30. The minimum Gasteiger partial charge on any atom is -0.358 e. The van der Waals surface area contributed by atoms with E-state index in [1.54, 1.807) is 0 Å². The molecule has 1 heterocycles. The second-order valence-corrected chi connectivity index (χ2v) is 5.90. The number of carbonyl (C=O) groups is 1. The molecule has 0 fully saturated rings. The molecule has 0 bridgehead atoms. The number of benzene rings is 1. The molecule has 19 heavy (non-hydrogen) atoms. The minimum atomic E-state index is 0.0536. The van der Waals surface area contributed by atoms with Gasteiger partial charge < -0.3 is 10.3 Å². The van der Waals surface area contributed by atoms with E-state index in [0.717, 1.165) is 12.8 Å². The molecule has 1 aromatic heterocycles. The average molecular weight is 256 g/mol. The van der Waals surface area contributed by atoms with Crippen LogP contribution in [-0.2, 0) is 17.6 Å². The van der Waals surface area contributed by atoms with Crippen molar-refractivity contribution >= 4 is 16.8 Å². The molecule has 0 aliphatic heterocycles. The van der Waals surface area contributed by atoms with Gasteiger partial charge in [0.25, 0.3) is 0 Å². The largest absolute Gasteiger partial charge is 0.358 e. The van der Waals surface area contributed by atoms with Crippen LogP contribution in [0.3, 0.4) is 0 Å². The number of aryl methyl sites for hydroxylation is 1. The van der Waals surface area contributed by atoms with Crippen LogP contribution in [0.4, 0.5) is 0 Å². The van der Waals surface area contributed by atoms with Gasteiger partial charge in [0, 0.05) is 35.0 Å². The average Bonchev–Trinajstić information content (AvgIpc) is 2.86. The zero-order chi connectivity index (χ0) is 13.6. The lowest BCUT2D eigenvalue weighted by Gasteiger charge is -2.14. The molecule has 1 aliphatic rings. The lowest BCUT2D eigenvalue weighted by atomic mass is 10.1. The number of hydrogen-bond acceptors (Lipinski definition) is 1. The van der Waals surface area contributed by atoms with E-state index < -0.39 is 0 Å². The summed E-state index contributed by atoms with van der Waals surface area (Å²) in [7, 11) is 0. The maximum absolute atomic E-state index is 11.8. The molecule has 0 saturated heterocycles. The van der Waals surface area contributed by atoms with Gasteiger partial charge >= 0.3 is 0 Å². The number of hydrogen-bond donors (Lipinski definition) is 2. The molecule has 0 saturated carbocycles. The Balaban J connectivity index is 1.85. The summed E-state index contributed by atoms with van der Waals surface area (Å²) < 4.78 is 0. The summed E-state index contributed by atoms with van der Waals surface area (Å²) in [6, 6.07) is 6.76. The van der Waals surface area contributed by atoms with Gasteiger partial charge in [0.1, 0.15) is 0 Å². The number of aromatic amines is 1. The summed E-state index contributed by atoms with van der Waals surface area (Å²) in [5, 5.41) is 4.45. The molecule has 2 N–H and O–H groups in total.